The molecule has 1 aliphatic heterocycles. The van der Waals surface area contributed by atoms with Crippen molar-refractivity contribution in [3.8, 4) is 11.5 Å². The van der Waals surface area contributed by atoms with Gasteiger partial charge in [-0.25, -0.2) is 5.01 Å². The zero-order valence-electron chi connectivity index (χ0n) is 16.3. The van der Waals surface area contributed by atoms with Gasteiger partial charge in [0.25, 0.3) is 0 Å². The van der Waals surface area contributed by atoms with Crippen LogP contribution in [0.1, 0.15) is 38.2 Å². The van der Waals surface area contributed by atoms with E-state index in [4.69, 9.17) is 4.74 Å². The highest BCUT2D eigenvalue weighted by atomic mass is 16.6. The van der Waals surface area contributed by atoms with Crippen molar-refractivity contribution in [1.82, 2.24) is 5.01 Å². The monoisotopic (exact) mass is 400 g/mol. The summed E-state index contributed by atoms with van der Waals surface area (Å²) in [5, 5.41) is 24.9. The normalized spacial score (nSPS) is 14.4. The van der Waals surface area contributed by atoms with Crippen LogP contribution in [0.2, 0.25) is 0 Å². The fourth-order valence-electron chi connectivity index (χ4n) is 3.34. The summed E-state index contributed by atoms with van der Waals surface area (Å²) in [6, 6.07) is 9.59. The fraction of sp³-hybridized carbons (Fsp3) is 0.400. The van der Waals surface area contributed by atoms with E-state index in [0.717, 1.165) is 56.8 Å². The van der Waals surface area contributed by atoms with E-state index >= 15 is 0 Å². The van der Waals surface area contributed by atoms with Gasteiger partial charge in [0.1, 0.15) is 17.5 Å². The molecule has 0 aromatic heterocycles. The number of nitrogens with one attached hydrogen (secondary N) is 1. The third kappa shape index (κ3) is 5.20. The number of aryl methyl sites for hydroxylation is 1. The summed E-state index contributed by atoms with van der Waals surface area (Å²) in [6.07, 6.45) is 5.03. The number of nitro groups is 2. The predicted molar refractivity (Wildman–Crippen MR) is 109 cm³/mol. The zero-order valence-corrected chi connectivity index (χ0v) is 16.3. The highest BCUT2D eigenvalue weighted by Crippen LogP contribution is 2.40. The number of rotatable bonds is 8. The maximum absolute atomic E-state index is 11.5. The SMILES string of the molecule is CCCc1ccc(Oc2cc(NN3CCCCC3)c([N+](=O)[O-])cc2[N+](=O)[O-])cc1. The Bertz CT molecular complexity index is 879. The van der Waals surface area contributed by atoms with Crippen LogP contribution in [0.5, 0.6) is 11.5 Å². The molecule has 0 radical (unpaired) electrons. The van der Waals surface area contributed by atoms with E-state index in [9.17, 15) is 20.2 Å². The van der Waals surface area contributed by atoms with Crippen LogP contribution in [-0.2, 0) is 6.42 Å². The minimum atomic E-state index is -0.668. The Balaban J connectivity index is 1.93. The minimum Gasteiger partial charge on any atom is -0.450 e. The highest BCUT2D eigenvalue weighted by molar-refractivity contribution is 5.70. The number of hydrogen-bond donors (Lipinski definition) is 1. The molecular formula is C20H24N4O5. The second-order valence-electron chi connectivity index (χ2n) is 7.01. The van der Waals surface area contributed by atoms with E-state index in [0.29, 0.717) is 5.75 Å². The average molecular weight is 400 g/mol. The Hall–Kier alpha value is -3.20. The first-order valence-electron chi connectivity index (χ1n) is 9.73. The molecule has 1 aliphatic rings. The number of benzene rings is 2. The van der Waals surface area contributed by atoms with Gasteiger partial charge in [-0.3, -0.25) is 20.2 Å². The fourth-order valence-corrected chi connectivity index (χ4v) is 3.34. The number of ether oxygens (including phenoxy) is 1. The molecule has 9 nitrogen and oxygen atoms in total. The summed E-state index contributed by atoms with van der Waals surface area (Å²) in [5.74, 6) is 0.397. The van der Waals surface area contributed by atoms with Crippen molar-refractivity contribution in [1.29, 1.82) is 0 Å². The first-order valence-corrected chi connectivity index (χ1v) is 9.73. The van der Waals surface area contributed by atoms with Crippen LogP contribution in [-0.4, -0.2) is 27.9 Å². The molecule has 2 aromatic rings. The van der Waals surface area contributed by atoms with Gasteiger partial charge in [-0.1, -0.05) is 31.9 Å². The average Bonchev–Trinajstić information content (AvgIpc) is 2.70. The molecule has 0 atom stereocenters. The van der Waals surface area contributed by atoms with Crippen LogP contribution in [0.4, 0.5) is 17.1 Å². The molecule has 0 amide bonds. The van der Waals surface area contributed by atoms with E-state index < -0.39 is 15.5 Å². The van der Waals surface area contributed by atoms with Crippen molar-refractivity contribution < 1.29 is 14.6 Å². The molecule has 9 heteroatoms. The molecule has 29 heavy (non-hydrogen) atoms. The largest absolute Gasteiger partial charge is 0.450 e. The number of hydrazine groups is 1. The van der Waals surface area contributed by atoms with Gasteiger partial charge in [0.15, 0.2) is 0 Å². The third-order valence-corrected chi connectivity index (χ3v) is 4.80. The number of piperidine rings is 1. The lowest BCUT2D eigenvalue weighted by Gasteiger charge is -2.27. The maximum atomic E-state index is 11.5. The molecule has 1 fully saturated rings. The van der Waals surface area contributed by atoms with Gasteiger partial charge < -0.3 is 10.2 Å². The summed E-state index contributed by atoms with van der Waals surface area (Å²) in [7, 11) is 0. The Kier molecular flexibility index (Phi) is 6.61. The molecule has 0 spiro atoms. The smallest absolute Gasteiger partial charge is 0.318 e. The van der Waals surface area contributed by atoms with E-state index in [2.05, 4.69) is 12.3 Å². The van der Waals surface area contributed by atoms with E-state index in [-0.39, 0.29) is 17.1 Å². The lowest BCUT2D eigenvalue weighted by atomic mass is 10.1. The van der Waals surface area contributed by atoms with E-state index in [1.165, 1.54) is 6.07 Å². The first kappa shape index (κ1) is 20.5. The van der Waals surface area contributed by atoms with Crippen LogP contribution < -0.4 is 10.2 Å². The van der Waals surface area contributed by atoms with Crippen LogP contribution in [0, 0.1) is 20.2 Å². The molecule has 0 bridgehead atoms. The van der Waals surface area contributed by atoms with Crippen molar-refractivity contribution in [2.75, 3.05) is 18.5 Å². The maximum Gasteiger partial charge on any atom is 0.318 e. The van der Waals surface area contributed by atoms with Gasteiger partial charge >= 0.3 is 11.4 Å². The van der Waals surface area contributed by atoms with Crippen molar-refractivity contribution in [2.45, 2.75) is 39.0 Å². The summed E-state index contributed by atoms with van der Waals surface area (Å²) in [6.45, 7) is 3.59. The minimum absolute atomic E-state index is 0.0386. The molecule has 0 saturated carbocycles. The van der Waals surface area contributed by atoms with Gasteiger partial charge in [0.05, 0.1) is 9.85 Å². The molecule has 1 saturated heterocycles. The quantitative estimate of drug-likeness (QED) is 0.487. The van der Waals surface area contributed by atoms with Crippen LogP contribution in [0.25, 0.3) is 0 Å². The third-order valence-electron chi connectivity index (χ3n) is 4.80. The second kappa shape index (κ2) is 9.33. The summed E-state index contributed by atoms with van der Waals surface area (Å²) >= 11 is 0. The zero-order chi connectivity index (χ0) is 20.8. The molecule has 1 N–H and O–H groups in total. The Labute approximate surface area is 168 Å². The lowest BCUT2D eigenvalue weighted by molar-refractivity contribution is -0.394. The number of anilines is 1. The Morgan fingerprint density at radius 3 is 2.24 bits per heavy atom. The molecule has 0 aliphatic carbocycles. The standard InChI is InChI=1S/C20H24N4O5/c1-2-6-15-7-9-16(10-8-15)29-20-13-17(21-22-11-4-3-5-12-22)18(23(25)26)14-19(20)24(27)28/h7-10,13-14,21H,2-6,11-12H2,1H3. The number of nitrogens with zero attached hydrogens (tertiary/aromatic N) is 3. The molecule has 1 heterocycles. The second-order valence-corrected chi connectivity index (χ2v) is 7.01. The van der Waals surface area contributed by atoms with Crippen molar-refractivity contribution in [3.05, 3.63) is 62.2 Å². The topological polar surface area (TPSA) is 111 Å². The Morgan fingerprint density at radius 2 is 1.66 bits per heavy atom. The summed E-state index contributed by atoms with van der Waals surface area (Å²) in [5.41, 5.74) is 3.56. The lowest BCUT2D eigenvalue weighted by Crippen LogP contribution is -2.35. The van der Waals surface area contributed by atoms with Gasteiger partial charge in [0.2, 0.25) is 5.75 Å². The number of hydrogen-bond acceptors (Lipinski definition) is 7. The summed E-state index contributed by atoms with van der Waals surface area (Å²) in [4.78, 5) is 21.7. The van der Waals surface area contributed by atoms with Crippen LogP contribution >= 0.6 is 0 Å². The first-order chi connectivity index (χ1) is 14.0. The van der Waals surface area contributed by atoms with Gasteiger partial charge in [-0.05, 0) is 37.0 Å². The highest BCUT2D eigenvalue weighted by Gasteiger charge is 2.27. The molecule has 0 unspecified atom stereocenters. The van der Waals surface area contributed by atoms with Crippen molar-refractivity contribution in [2.24, 2.45) is 0 Å². The molecule has 2 aromatic carbocycles. The van der Waals surface area contributed by atoms with Gasteiger partial charge in [-0.15, -0.1) is 0 Å². The molecule has 3 rings (SSSR count). The molecule has 154 valence electrons. The van der Waals surface area contributed by atoms with Crippen molar-refractivity contribution >= 4 is 17.1 Å². The van der Waals surface area contributed by atoms with Gasteiger partial charge in [0, 0.05) is 19.2 Å². The van der Waals surface area contributed by atoms with E-state index in [1.807, 2.05) is 17.1 Å². The summed E-state index contributed by atoms with van der Waals surface area (Å²) < 4.78 is 5.75. The Morgan fingerprint density at radius 1 is 1.00 bits per heavy atom. The van der Waals surface area contributed by atoms with Crippen LogP contribution in [0.15, 0.2) is 36.4 Å². The van der Waals surface area contributed by atoms with Crippen LogP contribution in [0.3, 0.4) is 0 Å². The van der Waals surface area contributed by atoms with Crippen molar-refractivity contribution in [3.63, 3.8) is 0 Å². The predicted octanol–water partition coefficient (Wildman–Crippen LogP) is 5.06. The molecular weight excluding hydrogens is 376 g/mol. The van der Waals surface area contributed by atoms with Gasteiger partial charge in [-0.2, -0.15) is 0 Å². The number of nitro benzene ring substituents is 2. The van der Waals surface area contributed by atoms with E-state index in [1.54, 1.807) is 12.1 Å².